The van der Waals surface area contributed by atoms with Crippen molar-refractivity contribution in [1.29, 1.82) is 0 Å². The van der Waals surface area contributed by atoms with Crippen LogP contribution in [0.1, 0.15) is 21.1 Å². The second-order valence-corrected chi connectivity index (χ2v) is 4.75. The maximum absolute atomic E-state index is 11.9. The van der Waals surface area contributed by atoms with Gasteiger partial charge in [-0.15, -0.1) is 11.3 Å². The zero-order valence-corrected chi connectivity index (χ0v) is 10.5. The van der Waals surface area contributed by atoms with Crippen LogP contribution >= 0.6 is 22.9 Å². The van der Waals surface area contributed by atoms with Crippen molar-refractivity contribution in [2.45, 2.75) is 13.0 Å². The molecule has 0 atom stereocenters. The molecule has 0 aromatic carbocycles. The van der Waals surface area contributed by atoms with Gasteiger partial charge in [0.25, 0.3) is 0 Å². The number of ketones is 1. The van der Waals surface area contributed by atoms with Crippen molar-refractivity contribution in [3.8, 4) is 0 Å². The van der Waals surface area contributed by atoms with Gasteiger partial charge in [0.1, 0.15) is 10.7 Å². The number of carbonyl (C=O) groups excluding carboxylic acids is 1. The number of carbonyl (C=O) groups is 1. The van der Waals surface area contributed by atoms with Gasteiger partial charge in [-0.1, -0.05) is 11.6 Å². The van der Waals surface area contributed by atoms with E-state index in [-0.39, 0.29) is 12.2 Å². The molecule has 2 heterocycles. The standard InChI is InChI=1S/C11H10ClN3OS/c12-8-5-14-2-1-7(8)3-10(16)9-6-17-11(4-13)15-9/h1-2,5-6H,3-4,13H2. The van der Waals surface area contributed by atoms with Crippen LogP contribution in [0, 0.1) is 0 Å². The van der Waals surface area contributed by atoms with Crippen LogP contribution in [-0.4, -0.2) is 15.8 Å². The van der Waals surface area contributed by atoms with Gasteiger partial charge in [-0.25, -0.2) is 4.98 Å². The lowest BCUT2D eigenvalue weighted by atomic mass is 10.1. The van der Waals surface area contributed by atoms with Crippen LogP contribution in [0.15, 0.2) is 23.8 Å². The maximum Gasteiger partial charge on any atom is 0.186 e. The van der Waals surface area contributed by atoms with E-state index in [4.69, 9.17) is 17.3 Å². The van der Waals surface area contributed by atoms with Crippen molar-refractivity contribution in [1.82, 2.24) is 9.97 Å². The van der Waals surface area contributed by atoms with Crippen LogP contribution in [0.2, 0.25) is 5.02 Å². The predicted molar refractivity (Wildman–Crippen MR) is 67.3 cm³/mol. The Labute approximate surface area is 107 Å². The van der Waals surface area contributed by atoms with Crippen molar-refractivity contribution in [2.75, 3.05) is 0 Å². The zero-order valence-electron chi connectivity index (χ0n) is 8.89. The van der Waals surface area contributed by atoms with Crippen LogP contribution in [0.25, 0.3) is 0 Å². The second kappa shape index (κ2) is 5.35. The van der Waals surface area contributed by atoms with E-state index >= 15 is 0 Å². The van der Waals surface area contributed by atoms with Gasteiger partial charge < -0.3 is 5.73 Å². The Morgan fingerprint density at radius 2 is 2.35 bits per heavy atom. The molecular formula is C11H10ClN3OS. The van der Waals surface area contributed by atoms with E-state index < -0.39 is 0 Å². The fraction of sp³-hybridized carbons (Fsp3) is 0.182. The molecule has 0 bridgehead atoms. The minimum atomic E-state index is -0.0611. The summed E-state index contributed by atoms with van der Waals surface area (Å²) in [5.74, 6) is -0.0611. The Morgan fingerprint density at radius 3 is 3.00 bits per heavy atom. The molecule has 0 aliphatic rings. The average molecular weight is 268 g/mol. The van der Waals surface area contributed by atoms with Gasteiger partial charge in [-0.2, -0.15) is 0 Å². The highest BCUT2D eigenvalue weighted by atomic mass is 35.5. The molecule has 0 unspecified atom stereocenters. The summed E-state index contributed by atoms with van der Waals surface area (Å²) in [6.45, 7) is 0.355. The van der Waals surface area contributed by atoms with E-state index in [1.54, 1.807) is 17.6 Å². The SMILES string of the molecule is NCc1nc(C(=O)Cc2ccncc2Cl)cs1. The van der Waals surface area contributed by atoms with Gasteiger partial charge >= 0.3 is 0 Å². The van der Waals surface area contributed by atoms with Crippen LogP contribution in [0.4, 0.5) is 0 Å². The molecule has 0 saturated carbocycles. The molecule has 0 radical (unpaired) electrons. The van der Waals surface area contributed by atoms with Crippen molar-refractivity contribution < 1.29 is 4.79 Å². The summed E-state index contributed by atoms with van der Waals surface area (Å²) in [6, 6.07) is 1.73. The Kier molecular flexibility index (Phi) is 3.83. The lowest BCUT2D eigenvalue weighted by Gasteiger charge is -2.00. The number of pyridine rings is 1. The molecule has 0 amide bonds. The third-order valence-electron chi connectivity index (χ3n) is 2.22. The molecule has 0 fully saturated rings. The molecule has 2 aromatic rings. The number of hydrogen-bond donors (Lipinski definition) is 1. The Bertz CT molecular complexity index is 541. The number of nitrogens with two attached hydrogens (primary N) is 1. The van der Waals surface area contributed by atoms with E-state index in [9.17, 15) is 4.79 Å². The molecule has 2 rings (SSSR count). The van der Waals surface area contributed by atoms with Crippen LogP contribution in [0.5, 0.6) is 0 Å². The summed E-state index contributed by atoms with van der Waals surface area (Å²) in [5, 5.41) is 2.98. The summed E-state index contributed by atoms with van der Waals surface area (Å²) in [7, 11) is 0. The topological polar surface area (TPSA) is 68.9 Å². The third-order valence-corrected chi connectivity index (χ3v) is 3.43. The van der Waals surface area contributed by atoms with E-state index in [0.717, 1.165) is 10.6 Å². The van der Waals surface area contributed by atoms with Gasteiger partial charge in [0.2, 0.25) is 0 Å². The number of aromatic nitrogens is 2. The Hall–Kier alpha value is -1.30. The van der Waals surface area contributed by atoms with Crippen molar-refractivity contribution in [3.05, 3.63) is 45.1 Å². The fourth-order valence-electron chi connectivity index (χ4n) is 1.34. The molecule has 2 aromatic heterocycles. The highest BCUT2D eigenvalue weighted by Gasteiger charge is 2.12. The molecule has 4 nitrogen and oxygen atoms in total. The molecule has 0 saturated heterocycles. The summed E-state index contributed by atoms with van der Waals surface area (Å²) in [6.07, 6.45) is 3.37. The first-order valence-electron chi connectivity index (χ1n) is 4.96. The monoisotopic (exact) mass is 267 g/mol. The molecule has 0 spiro atoms. The quantitative estimate of drug-likeness (QED) is 0.861. The molecule has 17 heavy (non-hydrogen) atoms. The Morgan fingerprint density at radius 1 is 1.53 bits per heavy atom. The number of halogens is 1. The summed E-state index contributed by atoms with van der Waals surface area (Å²) >= 11 is 7.33. The number of nitrogens with zero attached hydrogens (tertiary/aromatic N) is 2. The second-order valence-electron chi connectivity index (χ2n) is 3.40. The molecule has 2 N–H and O–H groups in total. The molecular weight excluding hydrogens is 258 g/mol. The van der Waals surface area contributed by atoms with Gasteiger partial charge in [-0.3, -0.25) is 9.78 Å². The maximum atomic E-state index is 11.9. The largest absolute Gasteiger partial charge is 0.325 e. The summed E-state index contributed by atoms with van der Waals surface area (Å²) in [5.41, 5.74) is 6.65. The van der Waals surface area contributed by atoms with E-state index in [0.29, 0.717) is 17.3 Å². The van der Waals surface area contributed by atoms with Crippen LogP contribution in [0.3, 0.4) is 0 Å². The van der Waals surface area contributed by atoms with Crippen LogP contribution in [-0.2, 0) is 13.0 Å². The lowest BCUT2D eigenvalue weighted by Crippen LogP contribution is -2.05. The minimum Gasteiger partial charge on any atom is -0.325 e. The fourth-order valence-corrected chi connectivity index (χ4v) is 2.21. The normalized spacial score (nSPS) is 10.5. The first-order chi connectivity index (χ1) is 8.20. The van der Waals surface area contributed by atoms with Gasteiger partial charge in [-0.05, 0) is 11.6 Å². The van der Waals surface area contributed by atoms with E-state index in [1.165, 1.54) is 17.5 Å². The van der Waals surface area contributed by atoms with Gasteiger partial charge in [0, 0.05) is 30.7 Å². The highest BCUT2D eigenvalue weighted by Crippen LogP contribution is 2.17. The van der Waals surface area contributed by atoms with Crippen molar-refractivity contribution in [2.24, 2.45) is 5.73 Å². The highest BCUT2D eigenvalue weighted by molar-refractivity contribution is 7.09. The van der Waals surface area contributed by atoms with Crippen molar-refractivity contribution >= 4 is 28.7 Å². The van der Waals surface area contributed by atoms with Gasteiger partial charge in [0.05, 0.1) is 5.02 Å². The van der Waals surface area contributed by atoms with Gasteiger partial charge in [0.15, 0.2) is 5.78 Å². The van der Waals surface area contributed by atoms with Crippen LogP contribution < -0.4 is 5.73 Å². The first kappa shape index (κ1) is 12.2. The summed E-state index contributed by atoms with van der Waals surface area (Å²) < 4.78 is 0. The van der Waals surface area contributed by atoms with Crippen molar-refractivity contribution in [3.63, 3.8) is 0 Å². The van der Waals surface area contributed by atoms with E-state index in [1.807, 2.05) is 0 Å². The number of hydrogen-bond acceptors (Lipinski definition) is 5. The number of rotatable bonds is 4. The minimum absolute atomic E-state index is 0.0611. The van der Waals surface area contributed by atoms with E-state index in [2.05, 4.69) is 9.97 Å². The number of Topliss-reactive ketones (excluding diaryl/α,β-unsaturated/α-hetero) is 1. The third kappa shape index (κ3) is 2.88. The molecule has 0 aliphatic carbocycles. The molecule has 6 heteroatoms. The smallest absolute Gasteiger partial charge is 0.186 e. The molecule has 0 aliphatic heterocycles. The molecule has 88 valence electrons. The lowest BCUT2D eigenvalue weighted by molar-refractivity contribution is 0.0988. The Balaban J connectivity index is 2.14. The average Bonchev–Trinajstić information content (AvgIpc) is 2.81. The zero-order chi connectivity index (χ0) is 12.3. The summed E-state index contributed by atoms with van der Waals surface area (Å²) in [4.78, 5) is 19.9. The first-order valence-corrected chi connectivity index (χ1v) is 6.22. The number of thiazole rings is 1. The predicted octanol–water partition coefficient (Wildman–Crippen LogP) is 2.08.